The highest BCUT2D eigenvalue weighted by Gasteiger charge is 1.91. The Morgan fingerprint density at radius 3 is 2.67 bits per heavy atom. The lowest BCUT2D eigenvalue weighted by Gasteiger charge is -1.99. The highest BCUT2D eigenvalue weighted by atomic mass is 16.5. The quantitative estimate of drug-likeness (QED) is 0.606. The molecule has 0 bridgehead atoms. The number of methoxy groups -OCH3 is 1. The Balaban J connectivity index is 2.16. The average molecular weight is 163 g/mol. The fraction of sp³-hybridized carbons (Fsp3) is 0.364. The Kier molecular flexibility index (Phi) is 4.47. The molecular weight excluding hydrogens is 148 g/mol. The van der Waals surface area contributed by atoms with Crippen LogP contribution in [0.3, 0.4) is 0 Å². The summed E-state index contributed by atoms with van der Waals surface area (Å²) in [4.78, 5) is 0. The third-order valence-corrected chi connectivity index (χ3v) is 1.76. The number of unbranched alkanes of at least 4 members (excludes halogenated alkanes) is 1. The largest absolute Gasteiger partial charge is 0.384 e. The normalized spacial score (nSPS) is 10.1. The molecule has 0 saturated heterocycles. The van der Waals surface area contributed by atoms with E-state index in [1.807, 2.05) is 6.07 Å². The Morgan fingerprint density at radius 2 is 2.00 bits per heavy atom. The second-order valence-electron chi connectivity index (χ2n) is 2.77. The molecule has 0 unspecified atom stereocenters. The van der Waals surface area contributed by atoms with Crippen LogP contribution in [-0.2, 0) is 11.2 Å². The number of hydrogen-bond donors (Lipinski definition) is 0. The minimum absolute atomic E-state index is 0.757. The van der Waals surface area contributed by atoms with Crippen LogP contribution in [0.2, 0.25) is 0 Å². The molecule has 0 fully saturated rings. The van der Waals surface area contributed by atoms with Crippen molar-refractivity contribution < 1.29 is 4.74 Å². The lowest BCUT2D eigenvalue weighted by molar-refractivity contribution is 0.220. The molecule has 0 N–H and O–H groups in total. The van der Waals surface area contributed by atoms with E-state index in [0.29, 0.717) is 0 Å². The van der Waals surface area contributed by atoms with Gasteiger partial charge in [-0.2, -0.15) is 0 Å². The molecule has 0 atom stereocenters. The summed E-state index contributed by atoms with van der Waals surface area (Å²) in [5.74, 6) is 0. The molecular formula is C11H15O. The van der Waals surface area contributed by atoms with Crippen molar-refractivity contribution in [2.75, 3.05) is 13.7 Å². The van der Waals surface area contributed by atoms with Gasteiger partial charge in [-0.05, 0) is 24.8 Å². The van der Waals surface area contributed by atoms with Crippen molar-refractivity contribution in [1.29, 1.82) is 0 Å². The number of ether oxygens (including phenoxy) is 1. The van der Waals surface area contributed by atoms with Gasteiger partial charge in [-0.1, -0.05) is 30.3 Å². The van der Waals surface area contributed by atoms with Gasteiger partial charge in [0.2, 0.25) is 0 Å². The summed E-state index contributed by atoms with van der Waals surface area (Å²) in [5, 5.41) is 0. The van der Waals surface area contributed by atoms with E-state index in [1.54, 1.807) is 7.11 Å². The minimum atomic E-state index is 0.757. The van der Waals surface area contributed by atoms with E-state index in [9.17, 15) is 0 Å². The standard InChI is InChI=1S/C11H15O/c1-12-10-6-5-9-11-7-3-2-4-8-11/h2-4,6-8H,5,9-10H2,1H3. The number of aryl methyl sites for hydroxylation is 1. The molecule has 1 nitrogen and oxygen atoms in total. The first-order valence-corrected chi connectivity index (χ1v) is 4.28. The Labute approximate surface area is 74.4 Å². The summed E-state index contributed by atoms with van der Waals surface area (Å²) in [6, 6.07) is 10.5. The average Bonchev–Trinajstić information content (AvgIpc) is 2.14. The van der Waals surface area contributed by atoms with Crippen LogP contribution in [0.1, 0.15) is 12.0 Å². The molecule has 0 heterocycles. The lowest BCUT2D eigenvalue weighted by atomic mass is 10.1. The second kappa shape index (κ2) is 5.78. The zero-order chi connectivity index (χ0) is 8.65. The van der Waals surface area contributed by atoms with Crippen LogP contribution < -0.4 is 0 Å². The third kappa shape index (κ3) is 3.54. The van der Waals surface area contributed by atoms with Crippen molar-refractivity contribution in [3.8, 4) is 0 Å². The van der Waals surface area contributed by atoms with Gasteiger partial charge in [0, 0.05) is 13.7 Å². The highest BCUT2D eigenvalue weighted by molar-refractivity contribution is 5.14. The molecule has 0 amide bonds. The molecule has 1 radical (unpaired) electrons. The van der Waals surface area contributed by atoms with Crippen LogP contribution in [0.5, 0.6) is 0 Å². The van der Waals surface area contributed by atoms with E-state index in [0.717, 1.165) is 19.4 Å². The maximum atomic E-state index is 4.92. The zero-order valence-electron chi connectivity index (χ0n) is 7.49. The second-order valence-corrected chi connectivity index (χ2v) is 2.77. The smallest absolute Gasteiger partial charge is 0.0494 e. The van der Waals surface area contributed by atoms with Gasteiger partial charge in [-0.25, -0.2) is 0 Å². The number of rotatable bonds is 5. The van der Waals surface area contributed by atoms with Crippen LogP contribution in [0.25, 0.3) is 0 Å². The predicted molar refractivity (Wildman–Crippen MR) is 50.9 cm³/mol. The highest BCUT2D eigenvalue weighted by Crippen LogP contribution is 2.03. The van der Waals surface area contributed by atoms with Gasteiger partial charge in [0.15, 0.2) is 0 Å². The van der Waals surface area contributed by atoms with Crippen molar-refractivity contribution in [2.24, 2.45) is 0 Å². The van der Waals surface area contributed by atoms with Crippen LogP contribution in [-0.4, -0.2) is 13.7 Å². The molecule has 0 aromatic heterocycles. The van der Waals surface area contributed by atoms with Crippen molar-refractivity contribution >= 4 is 0 Å². The first kappa shape index (κ1) is 9.27. The molecule has 65 valence electrons. The van der Waals surface area contributed by atoms with E-state index >= 15 is 0 Å². The molecule has 12 heavy (non-hydrogen) atoms. The van der Waals surface area contributed by atoms with Gasteiger partial charge in [-0.15, -0.1) is 0 Å². The molecule has 0 spiro atoms. The molecule has 0 aliphatic heterocycles. The monoisotopic (exact) mass is 163 g/mol. The molecule has 1 heteroatoms. The molecule has 0 aliphatic rings. The number of benzene rings is 1. The maximum absolute atomic E-state index is 4.92. The summed E-state index contributed by atoms with van der Waals surface area (Å²) in [6.07, 6.45) is 4.37. The summed E-state index contributed by atoms with van der Waals surface area (Å²) in [7, 11) is 1.72. The van der Waals surface area contributed by atoms with E-state index < -0.39 is 0 Å². The lowest BCUT2D eigenvalue weighted by Crippen LogP contribution is -1.91. The molecule has 0 saturated carbocycles. The van der Waals surface area contributed by atoms with Gasteiger partial charge < -0.3 is 4.74 Å². The number of hydrogen-bond acceptors (Lipinski definition) is 1. The fourth-order valence-electron chi connectivity index (χ4n) is 1.11. The minimum Gasteiger partial charge on any atom is -0.384 e. The summed E-state index contributed by atoms with van der Waals surface area (Å²) in [6.45, 7) is 0.757. The predicted octanol–water partition coefficient (Wildman–Crippen LogP) is 2.47. The first-order valence-electron chi connectivity index (χ1n) is 4.28. The van der Waals surface area contributed by atoms with Gasteiger partial charge in [-0.3, -0.25) is 0 Å². The Bertz CT molecular complexity index is 193. The Morgan fingerprint density at radius 1 is 1.25 bits per heavy atom. The van der Waals surface area contributed by atoms with Crippen molar-refractivity contribution in [3.63, 3.8) is 0 Å². The van der Waals surface area contributed by atoms with Gasteiger partial charge in [0.05, 0.1) is 0 Å². The zero-order valence-corrected chi connectivity index (χ0v) is 7.49. The molecule has 1 aromatic rings. The molecule has 1 rings (SSSR count). The summed E-state index contributed by atoms with van der Waals surface area (Å²) in [5.41, 5.74) is 1.39. The Hall–Kier alpha value is -0.820. The SMILES string of the molecule is COC[CH]CCc1ccccc1. The first-order chi connectivity index (χ1) is 5.93. The molecule has 1 aromatic carbocycles. The topological polar surface area (TPSA) is 9.23 Å². The van der Waals surface area contributed by atoms with Crippen molar-refractivity contribution in [3.05, 3.63) is 42.3 Å². The summed E-state index contributed by atoms with van der Waals surface area (Å²) >= 11 is 0. The maximum Gasteiger partial charge on any atom is 0.0494 e. The van der Waals surface area contributed by atoms with Crippen molar-refractivity contribution in [1.82, 2.24) is 0 Å². The van der Waals surface area contributed by atoms with Crippen LogP contribution in [0, 0.1) is 6.42 Å². The molecule has 0 aliphatic carbocycles. The van der Waals surface area contributed by atoms with Crippen LogP contribution >= 0.6 is 0 Å². The van der Waals surface area contributed by atoms with E-state index in [4.69, 9.17) is 4.74 Å². The third-order valence-electron chi connectivity index (χ3n) is 1.76. The van der Waals surface area contributed by atoms with Gasteiger partial charge in [0.25, 0.3) is 0 Å². The van der Waals surface area contributed by atoms with Crippen LogP contribution in [0.4, 0.5) is 0 Å². The van der Waals surface area contributed by atoms with E-state index in [-0.39, 0.29) is 0 Å². The van der Waals surface area contributed by atoms with Crippen molar-refractivity contribution in [2.45, 2.75) is 12.8 Å². The van der Waals surface area contributed by atoms with Gasteiger partial charge >= 0.3 is 0 Å². The fourth-order valence-corrected chi connectivity index (χ4v) is 1.11. The summed E-state index contributed by atoms with van der Waals surface area (Å²) < 4.78 is 4.92. The van der Waals surface area contributed by atoms with Crippen LogP contribution in [0.15, 0.2) is 30.3 Å². The van der Waals surface area contributed by atoms with Gasteiger partial charge in [0.1, 0.15) is 0 Å². The van der Waals surface area contributed by atoms with E-state index in [2.05, 4.69) is 30.7 Å². The van der Waals surface area contributed by atoms with E-state index in [1.165, 1.54) is 5.56 Å².